The lowest BCUT2D eigenvalue weighted by atomic mass is 10.2. The van der Waals surface area contributed by atoms with Crippen LogP contribution in [-0.2, 0) is 6.54 Å². The summed E-state index contributed by atoms with van der Waals surface area (Å²) in [7, 11) is 3.24. The molecule has 1 heterocycles. The van der Waals surface area contributed by atoms with Gasteiger partial charge in [-0.2, -0.15) is 0 Å². The number of fused-ring (bicyclic) bond motifs is 1. The number of aromatic nitrogens is 1. The van der Waals surface area contributed by atoms with E-state index in [9.17, 15) is 4.79 Å². The fourth-order valence-electron chi connectivity index (χ4n) is 2.41. The van der Waals surface area contributed by atoms with E-state index in [-0.39, 0.29) is 5.91 Å². The number of benzene rings is 2. The molecule has 0 aliphatic rings. The number of amides is 1. The molecule has 0 saturated heterocycles. The quantitative estimate of drug-likeness (QED) is 0.784. The zero-order chi connectivity index (χ0) is 16.9. The van der Waals surface area contributed by atoms with Gasteiger partial charge in [-0.05, 0) is 42.0 Å². The highest BCUT2D eigenvalue weighted by atomic mass is 16.5. The largest absolute Gasteiger partial charge is 0.497 e. The fourth-order valence-corrected chi connectivity index (χ4v) is 2.41. The summed E-state index contributed by atoms with van der Waals surface area (Å²) in [6.45, 7) is 0.415. The molecule has 0 saturated carbocycles. The lowest BCUT2D eigenvalue weighted by molar-refractivity contribution is 0.0946. The molecule has 3 rings (SSSR count). The number of carbonyl (C=O) groups excluding carboxylic acids is 1. The number of ether oxygens (including phenoxy) is 2. The van der Waals surface area contributed by atoms with Crippen LogP contribution in [0.25, 0.3) is 10.9 Å². The zero-order valence-corrected chi connectivity index (χ0v) is 13.6. The van der Waals surface area contributed by atoms with Crippen LogP contribution >= 0.6 is 0 Å². The second-order valence-electron chi connectivity index (χ2n) is 5.29. The summed E-state index contributed by atoms with van der Waals surface area (Å²) >= 11 is 0. The maximum atomic E-state index is 12.3. The van der Waals surface area contributed by atoms with Gasteiger partial charge in [0.2, 0.25) is 0 Å². The standard InChI is InChI=1S/C19H18N2O3/c1-23-15-5-3-4-13(10-15)12-20-19(22)18-8-6-14-11-16(24-2)7-9-17(14)21-18/h3-11H,12H2,1-2H3,(H,20,22). The Labute approximate surface area is 140 Å². The van der Waals surface area contributed by atoms with Crippen molar-refractivity contribution in [3.05, 3.63) is 65.9 Å². The summed E-state index contributed by atoms with van der Waals surface area (Å²) in [5.41, 5.74) is 2.11. The number of carbonyl (C=O) groups is 1. The van der Waals surface area contributed by atoms with E-state index >= 15 is 0 Å². The highest BCUT2D eigenvalue weighted by Crippen LogP contribution is 2.19. The summed E-state index contributed by atoms with van der Waals surface area (Å²) in [5, 5.41) is 3.80. The molecule has 0 atom stereocenters. The number of rotatable bonds is 5. The molecule has 0 bridgehead atoms. The molecule has 3 aromatic rings. The van der Waals surface area contributed by atoms with Crippen LogP contribution in [0.3, 0.4) is 0 Å². The van der Waals surface area contributed by atoms with Gasteiger partial charge in [-0.3, -0.25) is 4.79 Å². The predicted molar refractivity (Wildman–Crippen MR) is 92.5 cm³/mol. The lowest BCUT2D eigenvalue weighted by Gasteiger charge is -2.08. The molecule has 1 aromatic heterocycles. The van der Waals surface area contributed by atoms with Crippen molar-refractivity contribution in [2.75, 3.05) is 14.2 Å². The Kier molecular flexibility index (Phi) is 4.61. The zero-order valence-electron chi connectivity index (χ0n) is 13.6. The maximum Gasteiger partial charge on any atom is 0.270 e. The van der Waals surface area contributed by atoms with Crippen molar-refractivity contribution in [2.24, 2.45) is 0 Å². The summed E-state index contributed by atoms with van der Waals surface area (Å²) in [6.07, 6.45) is 0. The lowest BCUT2D eigenvalue weighted by Crippen LogP contribution is -2.23. The van der Waals surface area contributed by atoms with Gasteiger partial charge in [0, 0.05) is 11.9 Å². The molecule has 0 fully saturated rings. The van der Waals surface area contributed by atoms with Gasteiger partial charge >= 0.3 is 0 Å². The Morgan fingerprint density at radius 1 is 1.00 bits per heavy atom. The minimum atomic E-state index is -0.212. The average Bonchev–Trinajstić information content (AvgIpc) is 2.65. The molecule has 0 spiro atoms. The van der Waals surface area contributed by atoms with Crippen molar-refractivity contribution in [1.29, 1.82) is 0 Å². The van der Waals surface area contributed by atoms with Gasteiger partial charge < -0.3 is 14.8 Å². The third kappa shape index (κ3) is 3.46. The van der Waals surface area contributed by atoms with Gasteiger partial charge in [0.1, 0.15) is 17.2 Å². The molecule has 5 nitrogen and oxygen atoms in total. The monoisotopic (exact) mass is 322 g/mol. The van der Waals surface area contributed by atoms with Gasteiger partial charge in [-0.25, -0.2) is 4.98 Å². The van der Waals surface area contributed by atoms with Crippen LogP contribution in [0.4, 0.5) is 0 Å². The van der Waals surface area contributed by atoms with Gasteiger partial charge in [-0.15, -0.1) is 0 Å². The predicted octanol–water partition coefficient (Wildman–Crippen LogP) is 3.18. The van der Waals surface area contributed by atoms with Crippen molar-refractivity contribution in [1.82, 2.24) is 10.3 Å². The van der Waals surface area contributed by atoms with Gasteiger partial charge in [0.05, 0.1) is 19.7 Å². The molecule has 5 heteroatoms. The van der Waals surface area contributed by atoms with E-state index in [4.69, 9.17) is 9.47 Å². The number of methoxy groups -OCH3 is 2. The summed E-state index contributed by atoms with van der Waals surface area (Å²) in [6, 6.07) is 16.7. The van der Waals surface area contributed by atoms with E-state index in [1.54, 1.807) is 20.3 Å². The number of nitrogens with one attached hydrogen (secondary N) is 1. The first-order valence-corrected chi connectivity index (χ1v) is 7.55. The highest BCUT2D eigenvalue weighted by Gasteiger charge is 2.08. The molecule has 2 aromatic carbocycles. The Morgan fingerprint density at radius 3 is 2.58 bits per heavy atom. The van der Waals surface area contributed by atoms with Crippen LogP contribution in [0.5, 0.6) is 11.5 Å². The molecular formula is C19H18N2O3. The van der Waals surface area contributed by atoms with Gasteiger partial charge in [-0.1, -0.05) is 18.2 Å². The van der Waals surface area contributed by atoms with Gasteiger partial charge in [0.25, 0.3) is 5.91 Å². The Balaban J connectivity index is 1.73. The van der Waals surface area contributed by atoms with Crippen molar-refractivity contribution >= 4 is 16.8 Å². The SMILES string of the molecule is COc1cccc(CNC(=O)c2ccc3cc(OC)ccc3n2)c1. The number of hydrogen-bond acceptors (Lipinski definition) is 4. The van der Waals surface area contributed by atoms with E-state index in [0.29, 0.717) is 12.2 Å². The first-order valence-electron chi connectivity index (χ1n) is 7.55. The van der Waals surface area contributed by atoms with Crippen LogP contribution in [0.1, 0.15) is 16.1 Å². The summed E-state index contributed by atoms with van der Waals surface area (Å²) in [4.78, 5) is 16.7. The molecule has 0 aliphatic carbocycles. The fraction of sp³-hybridized carbons (Fsp3) is 0.158. The van der Waals surface area contributed by atoms with Crippen LogP contribution < -0.4 is 14.8 Å². The van der Waals surface area contributed by atoms with Crippen LogP contribution in [0.15, 0.2) is 54.6 Å². The second-order valence-corrected chi connectivity index (χ2v) is 5.29. The van der Waals surface area contributed by atoms with Crippen molar-refractivity contribution in [3.63, 3.8) is 0 Å². The molecule has 24 heavy (non-hydrogen) atoms. The minimum absolute atomic E-state index is 0.212. The smallest absolute Gasteiger partial charge is 0.270 e. The van der Waals surface area contributed by atoms with Crippen LogP contribution in [0.2, 0.25) is 0 Å². The normalized spacial score (nSPS) is 10.4. The number of nitrogens with zero attached hydrogens (tertiary/aromatic N) is 1. The molecule has 0 unspecified atom stereocenters. The molecule has 122 valence electrons. The second kappa shape index (κ2) is 7.00. The van der Waals surface area contributed by atoms with E-state index in [0.717, 1.165) is 28.0 Å². The Hall–Kier alpha value is -3.08. The molecular weight excluding hydrogens is 304 g/mol. The van der Waals surface area contributed by atoms with E-state index in [2.05, 4.69) is 10.3 Å². The molecule has 1 N–H and O–H groups in total. The van der Waals surface area contributed by atoms with E-state index in [1.807, 2.05) is 48.5 Å². The minimum Gasteiger partial charge on any atom is -0.497 e. The molecule has 0 radical (unpaired) electrons. The van der Waals surface area contributed by atoms with Crippen molar-refractivity contribution in [3.8, 4) is 11.5 Å². The van der Waals surface area contributed by atoms with E-state index in [1.165, 1.54) is 0 Å². The maximum absolute atomic E-state index is 12.3. The van der Waals surface area contributed by atoms with Crippen LogP contribution in [-0.4, -0.2) is 25.1 Å². The first kappa shape index (κ1) is 15.8. The van der Waals surface area contributed by atoms with E-state index < -0.39 is 0 Å². The third-order valence-corrected chi connectivity index (χ3v) is 3.72. The molecule has 1 amide bonds. The first-order chi connectivity index (χ1) is 11.7. The third-order valence-electron chi connectivity index (χ3n) is 3.72. The Morgan fingerprint density at radius 2 is 1.79 bits per heavy atom. The van der Waals surface area contributed by atoms with Crippen LogP contribution in [0, 0.1) is 0 Å². The van der Waals surface area contributed by atoms with Crippen molar-refractivity contribution < 1.29 is 14.3 Å². The number of hydrogen-bond donors (Lipinski definition) is 1. The van der Waals surface area contributed by atoms with Crippen molar-refractivity contribution in [2.45, 2.75) is 6.54 Å². The Bertz CT molecular complexity index is 877. The summed E-state index contributed by atoms with van der Waals surface area (Å²) in [5.74, 6) is 1.31. The summed E-state index contributed by atoms with van der Waals surface area (Å²) < 4.78 is 10.4. The average molecular weight is 322 g/mol. The van der Waals surface area contributed by atoms with Gasteiger partial charge in [0.15, 0.2) is 0 Å². The molecule has 0 aliphatic heterocycles. The highest BCUT2D eigenvalue weighted by molar-refractivity contribution is 5.95. The topological polar surface area (TPSA) is 60.5 Å². The number of pyridine rings is 1.